The summed E-state index contributed by atoms with van der Waals surface area (Å²) in [5, 5.41) is 21.3. The Morgan fingerprint density at radius 1 is 0.643 bits per heavy atom. The summed E-state index contributed by atoms with van der Waals surface area (Å²) < 4.78 is 0. The molecule has 0 spiro atoms. The predicted octanol–water partition coefficient (Wildman–Crippen LogP) is 2.24. The van der Waals surface area contributed by atoms with Gasteiger partial charge in [0.1, 0.15) is 13.2 Å². The van der Waals surface area contributed by atoms with Crippen molar-refractivity contribution in [2.75, 3.05) is 13.2 Å². The van der Waals surface area contributed by atoms with Gasteiger partial charge in [-0.25, -0.2) is 20.3 Å². The van der Waals surface area contributed by atoms with E-state index >= 15 is 0 Å². The molecule has 0 radical (unpaired) electrons. The van der Waals surface area contributed by atoms with Crippen molar-refractivity contribution < 1.29 is 30.4 Å². The van der Waals surface area contributed by atoms with E-state index in [0.717, 1.165) is 0 Å². The lowest BCUT2D eigenvalue weighted by molar-refractivity contribution is -0.518. The average Bonchev–Trinajstić information content (AvgIpc) is 2.33. The molecule has 0 amide bonds. The molecule has 2 N–H and O–H groups in total. The number of hydrogen-bond acceptors (Lipinski definition) is 6. The Labute approximate surface area is 84.0 Å². The number of rotatable bonds is 5. The van der Waals surface area contributed by atoms with Crippen LogP contribution in [0.3, 0.4) is 0 Å². The maximum absolute atomic E-state index is 7.48. The lowest BCUT2D eigenvalue weighted by Gasteiger charge is -1.94. The van der Waals surface area contributed by atoms with Crippen LogP contribution in [0.5, 0.6) is 0 Å². The predicted molar refractivity (Wildman–Crippen MR) is 53.1 cm³/mol. The molecule has 0 rings (SSSR count). The molecule has 14 heavy (non-hydrogen) atoms. The summed E-state index contributed by atoms with van der Waals surface area (Å²) in [6.45, 7) is 17.9. The van der Waals surface area contributed by atoms with Crippen LogP contribution in [0, 0.1) is 0 Å². The van der Waals surface area contributed by atoms with Crippen molar-refractivity contribution in [3.8, 4) is 0 Å². The van der Waals surface area contributed by atoms with Crippen molar-refractivity contribution in [3.05, 3.63) is 39.5 Å². The van der Waals surface area contributed by atoms with Crippen molar-refractivity contribution in [1.82, 2.24) is 0 Å². The molecule has 0 aliphatic heterocycles. The van der Waals surface area contributed by atoms with Crippen LogP contribution in [-0.2, 0) is 19.9 Å². The molecule has 0 aliphatic rings. The van der Waals surface area contributed by atoms with Gasteiger partial charge in [-0.15, -0.1) is 39.5 Å². The quantitative estimate of drug-likeness (QED) is 0.313. The van der Waals surface area contributed by atoms with Crippen LogP contribution in [0.15, 0.2) is 39.5 Å². The van der Waals surface area contributed by atoms with Gasteiger partial charge in [-0.05, 0) is 0 Å². The highest BCUT2D eigenvalue weighted by Crippen LogP contribution is 1.75. The second-order valence-electron chi connectivity index (χ2n) is 0.793. The zero-order valence-corrected chi connectivity index (χ0v) is 8.18. The van der Waals surface area contributed by atoms with Crippen LogP contribution in [0.4, 0.5) is 0 Å². The summed E-state index contributed by atoms with van der Waals surface area (Å²) in [5.41, 5.74) is 0. The van der Waals surface area contributed by atoms with Gasteiger partial charge in [0, 0.05) is 0 Å². The summed E-state index contributed by atoms with van der Waals surface area (Å²) in [6.07, 6.45) is 0. The fourth-order valence-electron chi connectivity index (χ4n) is 0.143. The smallest absolute Gasteiger partial charge is 0.112 e. The molecule has 0 bridgehead atoms. The normalized spacial score (nSPS) is 6.43. The Morgan fingerprint density at radius 3 is 1.00 bits per heavy atom. The Kier molecular flexibility index (Phi) is 96.1. The van der Waals surface area contributed by atoms with Gasteiger partial charge in [0.15, 0.2) is 0 Å². The second kappa shape index (κ2) is 58.2. The molecule has 0 aliphatic carbocycles. The summed E-state index contributed by atoms with van der Waals surface area (Å²) in [7, 11) is 0. The van der Waals surface area contributed by atoms with Crippen LogP contribution in [0.25, 0.3) is 0 Å². The van der Waals surface area contributed by atoms with Crippen LogP contribution in [0.1, 0.15) is 0 Å². The monoisotopic (exact) mass is 210 g/mol. The van der Waals surface area contributed by atoms with E-state index in [2.05, 4.69) is 59.3 Å². The van der Waals surface area contributed by atoms with Crippen molar-refractivity contribution in [2.45, 2.75) is 0 Å². The molecule has 0 aromatic heterocycles. The third-order valence-electron chi connectivity index (χ3n) is 0.355. The van der Waals surface area contributed by atoms with Crippen molar-refractivity contribution in [3.63, 3.8) is 0 Å². The van der Waals surface area contributed by atoms with Crippen molar-refractivity contribution in [2.24, 2.45) is 0 Å². The molecule has 0 aromatic carbocycles. The van der Waals surface area contributed by atoms with Gasteiger partial charge in [-0.2, -0.15) is 0 Å². The summed E-state index contributed by atoms with van der Waals surface area (Å²) in [4.78, 5) is 7.75. The minimum atomic E-state index is -0.0307. The maximum atomic E-state index is 7.48. The standard InChI is InChI=1S/C2H6O6.3C2H4/c3-7-5-1-2-6-8-4;3*1-2/h3-4H,1-2H2;3*1-2H2. The van der Waals surface area contributed by atoms with E-state index in [1.165, 1.54) is 0 Å². The minimum absolute atomic E-state index is 0.0307. The molecule has 0 saturated heterocycles. The van der Waals surface area contributed by atoms with Gasteiger partial charge in [-0.1, -0.05) is 10.1 Å². The Hall–Kier alpha value is -1.02. The maximum Gasteiger partial charge on any atom is 0.112 e. The molecule has 0 heterocycles. The molecule has 0 fully saturated rings. The topological polar surface area (TPSA) is 77.4 Å². The van der Waals surface area contributed by atoms with E-state index in [1.807, 2.05) is 0 Å². The average molecular weight is 210 g/mol. The highest BCUT2D eigenvalue weighted by Gasteiger charge is 1.85. The van der Waals surface area contributed by atoms with Gasteiger partial charge in [0.25, 0.3) is 0 Å². The van der Waals surface area contributed by atoms with Gasteiger partial charge in [-0.3, -0.25) is 0 Å². The highest BCUT2D eigenvalue weighted by molar-refractivity contribution is 4.22. The van der Waals surface area contributed by atoms with Crippen molar-refractivity contribution in [1.29, 1.82) is 0 Å². The summed E-state index contributed by atoms with van der Waals surface area (Å²) >= 11 is 0. The van der Waals surface area contributed by atoms with Crippen LogP contribution >= 0.6 is 0 Å². The molecular formula is C8H18O6. The Bertz CT molecular complexity index is 60.1. The number of hydrogen-bond donors (Lipinski definition) is 2. The zero-order valence-electron chi connectivity index (χ0n) is 8.18. The molecule has 0 unspecified atom stereocenters. The van der Waals surface area contributed by atoms with Crippen molar-refractivity contribution >= 4 is 0 Å². The second-order valence-corrected chi connectivity index (χ2v) is 0.793. The molecule has 0 atom stereocenters. The summed E-state index contributed by atoms with van der Waals surface area (Å²) in [6, 6.07) is 0. The first-order valence-electron chi connectivity index (χ1n) is 3.28. The fourth-order valence-corrected chi connectivity index (χ4v) is 0.143. The van der Waals surface area contributed by atoms with Gasteiger partial charge >= 0.3 is 0 Å². The fraction of sp³-hybridized carbons (Fsp3) is 0.250. The molecular weight excluding hydrogens is 192 g/mol. The van der Waals surface area contributed by atoms with Crippen LogP contribution in [-0.4, -0.2) is 23.7 Å². The van der Waals surface area contributed by atoms with E-state index in [9.17, 15) is 0 Å². The first-order chi connectivity index (χ1) is 6.91. The van der Waals surface area contributed by atoms with Crippen LogP contribution in [0.2, 0.25) is 0 Å². The molecule has 6 heteroatoms. The van der Waals surface area contributed by atoms with Crippen LogP contribution < -0.4 is 0 Å². The van der Waals surface area contributed by atoms with Gasteiger partial charge < -0.3 is 0 Å². The Balaban J connectivity index is -0.0000000708. The molecule has 6 nitrogen and oxygen atoms in total. The zero-order chi connectivity index (χ0) is 12.2. The summed E-state index contributed by atoms with van der Waals surface area (Å²) in [5.74, 6) is 0. The largest absolute Gasteiger partial charge is 0.221 e. The lowest BCUT2D eigenvalue weighted by atomic mass is 10.8. The highest BCUT2D eigenvalue weighted by atomic mass is 17.5. The Morgan fingerprint density at radius 2 is 0.857 bits per heavy atom. The van der Waals surface area contributed by atoms with Gasteiger partial charge in [0.2, 0.25) is 0 Å². The lowest BCUT2D eigenvalue weighted by Crippen LogP contribution is -2.02. The first kappa shape index (κ1) is 23.1. The van der Waals surface area contributed by atoms with Gasteiger partial charge in [0.05, 0.1) is 0 Å². The third-order valence-corrected chi connectivity index (χ3v) is 0.355. The van der Waals surface area contributed by atoms with E-state index in [1.54, 1.807) is 0 Å². The van der Waals surface area contributed by atoms with E-state index in [-0.39, 0.29) is 13.2 Å². The third kappa shape index (κ3) is 69.0. The first-order valence-corrected chi connectivity index (χ1v) is 3.28. The SMILES string of the molecule is C=C.C=C.C=C.OOOCCOOO. The molecule has 0 saturated carbocycles. The van der Waals surface area contributed by atoms with E-state index < -0.39 is 0 Å². The van der Waals surface area contributed by atoms with E-state index in [0.29, 0.717) is 0 Å². The molecule has 0 aromatic rings. The minimum Gasteiger partial charge on any atom is -0.221 e. The molecule has 86 valence electrons. The van der Waals surface area contributed by atoms with E-state index in [4.69, 9.17) is 10.5 Å².